The van der Waals surface area contributed by atoms with Crippen LogP contribution in [0.25, 0.3) is 0 Å². The van der Waals surface area contributed by atoms with Gasteiger partial charge in [0.1, 0.15) is 10.7 Å². The Hall–Kier alpha value is -2.49. The van der Waals surface area contributed by atoms with Gasteiger partial charge in [0, 0.05) is 45.0 Å². The minimum absolute atomic E-state index is 0.0425. The number of piperidine rings is 1. The fraction of sp³-hybridized carbons (Fsp3) is 0.500. The smallest absolute Gasteiger partial charge is 0.279 e. The Kier molecular flexibility index (Phi) is 6.84. The van der Waals surface area contributed by atoms with Crippen LogP contribution in [0.2, 0.25) is 0 Å². The Morgan fingerprint density at radius 1 is 0.806 bits per heavy atom. The molecule has 0 spiro atoms. The lowest BCUT2D eigenvalue weighted by Gasteiger charge is -2.35. The summed E-state index contributed by atoms with van der Waals surface area (Å²) in [6, 6.07) is 8.64. The van der Waals surface area contributed by atoms with Gasteiger partial charge < -0.3 is 9.80 Å². The quantitative estimate of drug-likeness (QED) is 0.531. The van der Waals surface area contributed by atoms with E-state index in [0.717, 1.165) is 58.5 Å². The van der Waals surface area contributed by atoms with Crippen molar-refractivity contribution in [1.82, 2.24) is 14.7 Å². The van der Waals surface area contributed by atoms with Crippen LogP contribution in [0.15, 0.2) is 35.0 Å². The topological polar surface area (TPSA) is 47.1 Å². The Labute approximate surface area is 189 Å². The number of rotatable bonds is 4. The lowest BCUT2D eigenvalue weighted by molar-refractivity contribution is -0.137. The zero-order chi connectivity index (χ0) is 21.8. The molecule has 0 aromatic heterocycles. The van der Waals surface area contributed by atoms with Crippen LogP contribution in [0.4, 0.5) is 5.69 Å². The fourth-order valence-corrected chi connectivity index (χ4v) is 4.59. The van der Waals surface area contributed by atoms with E-state index in [1.54, 1.807) is 0 Å². The summed E-state index contributed by atoms with van der Waals surface area (Å²) < 4.78 is 0. The summed E-state index contributed by atoms with van der Waals surface area (Å²) in [5.41, 5.74) is 2.89. The molecule has 7 heteroatoms. The standard InChI is InChI=1S/C24H29ClN4O2/c1-19-7-9-20(10-8-19)27-17-15-26(16-18-27)11-5-6-14-29-23(30)21(25)22(24(29)31)28-12-3-2-4-13-28/h7-10H,2-4,11-18H2,1H3. The largest absolute Gasteiger partial charge is 0.369 e. The zero-order valence-electron chi connectivity index (χ0n) is 18.1. The van der Waals surface area contributed by atoms with Crippen LogP contribution in [-0.2, 0) is 9.59 Å². The van der Waals surface area contributed by atoms with Gasteiger partial charge in [-0.1, -0.05) is 41.1 Å². The number of carbonyl (C=O) groups excluding carboxylic acids is 2. The van der Waals surface area contributed by atoms with Crippen molar-refractivity contribution in [2.24, 2.45) is 0 Å². The molecule has 4 rings (SSSR count). The predicted molar refractivity (Wildman–Crippen MR) is 123 cm³/mol. The molecule has 3 heterocycles. The number of nitrogens with zero attached hydrogens (tertiary/aromatic N) is 4. The first-order chi connectivity index (χ1) is 15.0. The van der Waals surface area contributed by atoms with Crippen molar-refractivity contribution in [2.45, 2.75) is 26.2 Å². The first-order valence-corrected chi connectivity index (χ1v) is 11.4. The third-order valence-corrected chi connectivity index (χ3v) is 6.54. The number of aryl methyl sites for hydroxylation is 1. The number of imide groups is 1. The van der Waals surface area contributed by atoms with Crippen LogP contribution < -0.4 is 4.90 Å². The van der Waals surface area contributed by atoms with Crippen LogP contribution in [0, 0.1) is 18.8 Å². The number of likely N-dealkylation sites (tertiary alicyclic amines) is 1. The third kappa shape index (κ3) is 4.89. The Morgan fingerprint density at radius 3 is 2.13 bits per heavy atom. The molecule has 164 valence electrons. The maximum absolute atomic E-state index is 12.8. The summed E-state index contributed by atoms with van der Waals surface area (Å²) >= 11 is 6.22. The second-order valence-electron chi connectivity index (χ2n) is 8.36. The van der Waals surface area contributed by atoms with E-state index in [4.69, 9.17) is 11.6 Å². The van der Waals surface area contributed by atoms with E-state index < -0.39 is 5.91 Å². The summed E-state index contributed by atoms with van der Waals surface area (Å²) in [5.74, 6) is 5.40. The average molecular weight is 441 g/mol. The summed E-state index contributed by atoms with van der Waals surface area (Å²) in [6.45, 7) is 8.19. The van der Waals surface area contributed by atoms with Crippen molar-refractivity contribution in [3.05, 3.63) is 40.6 Å². The normalized spacial score (nSPS) is 20.4. The molecule has 0 saturated carbocycles. The fourth-order valence-electron chi connectivity index (χ4n) is 4.29. The first kappa shape index (κ1) is 21.7. The highest BCUT2D eigenvalue weighted by Crippen LogP contribution is 2.28. The maximum atomic E-state index is 12.8. The molecule has 0 bridgehead atoms. The lowest BCUT2D eigenvalue weighted by atomic mass is 10.1. The van der Waals surface area contributed by atoms with Crippen LogP contribution >= 0.6 is 11.6 Å². The predicted octanol–water partition coefficient (Wildman–Crippen LogP) is 2.43. The molecule has 0 radical (unpaired) electrons. The minimum atomic E-state index is -0.423. The van der Waals surface area contributed by atoms with Gasteiger partial charge >= 0.3 is 0 Å². The van der Waals surface area contributed by atoms with E-state index in [9.17, 15) is 9.59 Å². The van der Waals surface area contributed by atoms with Crippen molar-refractivity contribution < 1.29 is 9.59 Å². The third-order valence-electron chi connectivity index (χ3n) is 6.20. The van der Waals surface area contributed by atoms with Gasteiger partial charge in [0.15, 0.2) is 0 Å². The highest BCUT2D eigenvalue weighted by molar-refractivity contribution is 6.47. The molecule has 3 aliphatic heterocycles. The SMILES string of the molecule is Cc1ccc(N2CCN(CC#CCN3C(=O)C(Cl)=C(N4CCCCC4)C3=O)CC2)cc1. The van der Waals surface area contributed by atoms with Gasteiger partial charge in [0.2, 0.25) is 0 Å². The number of halogens is 1. The van der Waals surface area contributed by atoms with Gasteiger partial charge in [-0.3, -0.25) is 19.4 Å². The van der Waals surface area contributed by atoms with Crippen molar-refractivity contribution in [3.63, 3.8) is 0 Å². The summed E-state index contributed by atoms with van der Waals surface area (Å²) in [6.07, 6.45) is 3.19. The summed E-state index contributed by atoms with van der Waals surface area (Å²) in [5, 5.41) is 0.0425. The average Bonchev–Trinajstić information content (AvgIpc) is 3.01. The number of amides is 2. The van der Waals surface area contributed by atoms with Crippen LogP contribution in [-0.4, -0.2) is 78.9 Å². The molecule has 31 heavy (non-hydrogen) atoms. The van der Waals surface area contributed by atoms with Gasteiger partial charge in [-0.25, -0.2) is 0 Å². The number of piperazine rings is 1. The molecule has 3 aliphatic rings. The van der Waals surface area contributed by atoms with Crippen molar-refractivity contribution in [3.8, 4) is 11.8 Å². The van der Waals surface area contributed by atoms with Gasteiger partial charge in [0.25, 0.3) is 11.8 Å². The second kappa shape index (κ2) is 9.76. The van der Waals surface area contributed by atoms with Crippen LogP contribution in [0.1, 0.15) is 24.8 Å². The van der Waals surface area contributed by atoms with Gasteiger partial charge in [-0.05, 0) is 38.3 Å². The molecule has 0 N–H and O–H groups in total. The van der Waals surface area contributed by atoms with Gasteiger partial charge in [-0.2, -0.15) is 0 Å². The van der Waals surface area contributed by atoms with E-state index >= 15 is 0 Å². The molecular formula is C24H29ClN4O2. The zero-order valence-corrected chi connectivity index (χ0v) is 18.8. The van der Waals surface area contributed by atoms with Crippen molar-refractivity contribution >= 4 is 29.1 Å². The number of hydrogen-bond donors (Lipinski definition) is 0. The van der Waals surface area contributed by atoms with Gasteiger partial charge in [-0.15, -0.1) is 0 Å². The number of carbonyl (C=O) groups is 2. The Balaban J connectivity index is 1.26. The number of anilines is 1. The van der Waals surface area contributed by atoms with E-state index in [0.29, 0.717) is 12.2 Å². The van der Waals surface area contributed by atoms with E-state index in [1.807, 2.05) is 4.90 Å². The molecule has 0 aliphatic carbocycles. The molecule has 2 saturated heterocycles. The highest BCUT2D eigenvalue weighted by atomic mass is 35.5. The van der Waals surface area contributed by atoms with Crippen LogP contribution in [0.3, 0.4) is 0 Å². The van der Waals surface area contributed by atoms with E-state index in [-0.39, 0.29) is 17.5 Å². The Bertz CT molecular complexity index is 917. The minimum Gasteiger partial charge on any atom is -0.369 e. The van der Waals surface area contributed by atoms with E-state index in [1.165, 1.54) is 16.2 Å². The molecular weight excluding hydrogens is 412 g/mol. The number of hydrogen-bond acceptors (Lipinski definition) is 5. The molecule has 0 unspecified atom stereocenters. The lowest BCUT2D eigenvalue weighted by Crippen LogP contribution is -2.46. The van der Waals surface area contributed by atoms with Gasteiger partial charge in [0.05, 0.1) is 13.1 Å². The second-order valence-corrected chi connectivity index (χ2v) is 8.74. The summed E-state index contributed by atoms with van der Waals surface area (Å²) in [4.78, 5) is 33.0. The Morgan fingerprint density at radius 2 is 1.45 bits per heavy atom. The first-order valence-electron chi connectivity index (χ1n) is 11.0. The highest BCUT2D eigenvalue weighted by Gasteiger charge is 2.40. The van der Waals surface area contributed by atoms with E-state index in [2.05, 4.69) is 52.8 Å². The maximum Gasteiger partial charge on any atom is 0.279 e. The molecule has 6 nitrogen and oxygen atoms in total. The monoisotopic (exact) mass is 440 g/mol. The molecule has 2 fully saturated rings. The molecule has 0 atom stereocenters. The van der Waals surface area contributed by atoms with Crippen molar-refractivity contribution in [2.75, 3.05) is 57.3 Å². The molecule has 1 aromatic rings. The van der Waals surface area contributed by atoms with Crippen LogP contribution in [0.5, 0.6) is 0 Å². The molecule has 2 amide bonds. The van der Waals surface area contributed by atoms with Crippen molar-refractivity contribution in [1.29, 1.82) is 0 Å². The summed E-state index contributed by atoms with van der Waals surface area (Å²) in [7, 11) is 0. The molecule has 1 aromatic carbocycles. The number of benzene rings is 1.